The molecular formula is C13H16N2O3. The van der Waals surface area contributed by atoms with Crippen LogP contribution in [-0.2, 0) is 4.79 Å². The van der Waals surface area contributed by atoms with Crippen molar-refractivity contribution in [2.75, 3.05) is 18.0 Å². The quantitative estimate of drug-likeness (QED) is 0.595. The first-order chi connectivity index (χ1) is 8.49. The lowest BCUT2D eigenvalue weighted by atomic mass is 10.0. The van der Waals surface area contributed by atoms with E-state index < -0.39 is 0 Å². The molecule has 0 bridgehead atoms. The van der Waals surface area contributed by atoms with Gasteiger partial charge in [-0.15, -0.1) is 0 Å². The molecule has 2 rings (SSSR count). The van der Waals surface area contributed by atoms with E-state index in [0.717, 1.165) is 17.5 Å². The van der Waals surface area contributed by atoms with Gasteiger partial charge in [0.1, 0.15) is 5.69 Å². The van der Waals surface area contributed by atoms with E-state index in [1.807, 2.05) is 24.8 Å². The molecule has 96 valence electrons. The molecular weight excluding hydrogens is 232 g/mol. The lowest BCUT2D eigenvalue weighted by molar-refractivity contribution is -0.384. The average molecular weight is 248 g/mol. The zero-order chi connectivity index (χ0) is 13.3. The molecule has 1 heterocycles. The van der Waals surface area contributed by atoms with Gasteiger partial charge >= 0.3 is 0 Å². The van der Waals surface area contributed by atoms with E-state index in [1.165, 1.54) is 0 Å². The van der Waals surface area contributed by atoms with Crippen LogP contribution in [0.25, 0.3) is 0 Å². The summed E-state index contributed by atoms with van der Waals surface area (Å²) in [5.41, 5.74) is 2.56. The van der Waals surface area contributed by atoms with Crippen LogP contribution in [-0.4, -0.2) is 23.8 Å². The number of anilines is 1. The van der Waals surface area contributed by atoms with Gasteiger partial charge in [-0.2, -0.15) is 0 Å². The van der Waals surface area contributed by atoms with Crippen molar-refractivity contribution in [3.8, 4) is 0 Å². The molecule has 1 aromatic carbocycles. The molecule has 0 spiro atoms. The number of rotatable bonds is 2. The molecule has 18 heavy (non-hydrogen) atoms. The first-order valence-electron chi connectivity index (χ1n) is 6.01. The Hall–Kier alpha value is -1.91. The smallest absolute Gasteiger partial charge is 0.292 e. The molecule has 0 radical (unpaired) electrons. The van der Waals surface area contributed by atoms with E-state index >= 15 is 0 Å². The number of benzene rings is 1. The molecule has 1 fully saturated rings. The second-order valence-corrected chi connectivity index (χ2v) is 4.75. The second kappa shape index (κ2) is 4.76. The van der Waals surface area contributed by atoms with Gasteiger partial charge in [-0.3, -0.25) is 14.9 Å². The Balaban J connectivity index is 2.44. The van der Waals surface area contributed by atoms with Crippen LogP contribution in [0.4, 0.5) is 11.4 Å². The topological polar surface area (TPSA) is 63.5 Å². The number of nitro groups is 1. The van der Waals surface area contributed by atoms with Gasteiger partial charge in [0.15, 0.2) is 5.78 Å². The first-order valence-corrected chi connectivity index (χ1v) is 6.01. The molecule has 5 nitrogen and oxygen atoms in total. The molecule has 0 unspecified atom stereocenters. The molecule has 0 amide bonds. The molecule has 0 N–H and O–H groups in total. The monoisotopic (exact) mass is 248 g/mol. The summed E-state index contributed by atoms with van der Waals surface area (Å²) in [6.45, 7) is 4.76. The number of piperidine rings is 1. The Morgan fingerprint density at radius 3 is 2.56 bits per heavy atom. The molecule has 1 aromatic rings. The van der Waals surface area contributed by atoms with E-state index in [1.54, 1.807) is 6.07 Å². The van der Waals surface area contributed by atoms with Gasteiger partial charge in [-0.1, -0.05) is 0 Å². The lowest BCUT2D eigenvalue weighted by Gasteiger charge is -2.28. The normalized spacial score (nSPS) is 15.9. The number of Topliss-reactive ketones (excluding diaryl/α,β-unsaturated/α-hetero) is 1. The number of carbonyl (C=O) groups is 1. The van der Waals surface area contributed by atoms with Gasteiger partial charge in [0.2, 0.25) is 0 Å². The van der Waals surface area contributed by atoms with Gasteiger partial charge in [0, 0.05) is 19.0 Å². The molecule has 1 aliphatic rings. The van der Waals surface area contributed by atoms with Crippen LogP contribution in [0.1, 0.15) is 24.0 Å². The summed E-state index contributed by atoms with van der Waals surface area (Å²) in [7, 11) is 0. The summed E-state index contributed by atoms with van der Waals surface area (Å²) >= 11 is 0. The van der Waals surface area contributed by atoms with Crippen LogP contribution in [0.5, 0.6) is 0 Å². The number of aryl methyl sites for hydroxylation is 2. The summed E-state index contributed by atoms with van der Waals surface area (Å²) in [5, 5.41) is 11.1. The molecule has 0 atom stereocenters. The van der Waals surface area contributed by atoms with E-state index in [0.29, 0.717) is 18.7 Å². The Bertz CT molecular complexity index is 511. The summed E-state index contributed by atoms with van der Waals surface area (Å²) < 4.78 is 0. The number of carbonyl (C=O) groups excluding carboxylic acids is 1. The maximum absolute atomic E-state index is 11.5. The molecule has 5 heteroatoms. The summed E-state index contributed by atoms with van der Waals surface area (Å²) in [6, 6.07) is 3.40. The van der Waals surface area contributed by atoms with E-state index in [2.05, 4.69) is 0 Å². The van der Waals surface area contributed by atoms with Crippen LogP contribution < -0.4 is 4.90 Å². The van der Waals surface area contributed by atoms with Crippen molar-refractivity contribution < 1.29 is 9.72 Å². The fourth-order valence-electron chi connectivity index (χ4n) is 2.23. The van der Waals surface area contributed by atoms with Crippen LogP contribution >= 0.6 is 0 Å². The van der Waals surface area contributed by atoms with E-state index in [9.17, 15) is 14.9 Å². The van der Waals surface area contributed by atoms with Gasteiger partial charge in [-0.25, -0.2) is 0 Å². The Labute approximate surface area is 106 Å². The maximum Gasteiger partial charge on any atom is 0.292 e. The Morgan fingerprint density at radius 2 is 1.94 bits per heavy atom. The Kier molecular flexibility index (Phi) is 3.32. The third kappa shape index (κ3) is 2.34. The van der Waals surface area contributed by atoms with Crippen molar-refractivity contribution in [3.05, 3.63) is 33.4 Å². The van der Waals surface area contributed by atoms with Gasteiger partial charge in [0.25, 0.3) is 5.69 Å². The minimum absolute atomic E-state index is 0.0906. The summed E-state index contributed by atoms with van der Waals surface area (Å²) in [4.78, 5) is 24.0. The SMILES string of the molecule is Cc1cc(N2CCCC(=O)C2)c([N+](=O)[O-])cc1C. The summed E-state index contributed by atoms with van der Waals surface area (Å²) in [6.07, 6.45) is 1.35. The van der Waals surface area contributed by atoms with Crippen molar-refractivity contribution in [3.63, 3.8) is 0 Å². The average Bonchev–Trinajstić information content (AvgIpc) is 2.31. The van der Waals surface area contributed by atoms with Crippen molar-refractivity contribution in [1.29, 1.82) is 0 Å². The van der Waals surface area contributed by atoms with Crippen molar-refractivity contribution in [2.45, 2.75) is 26.7 Å². The minimum Gasteiger partial charge on any atom is -0.359 e. The molecule has 1 saturated heterocycles. The Morgan fingerprint density at radius 1 is 1.28 bits per heavy atom. The highest BCUT2D eigenvalue weighted by Gasteiger charge is 2.24. The number of hydrogen-bond donors (Lipinski definition) is 0. The molecule has 0 aliphatic carbocycles. The van der Waals surface area contributed by atoms with Crippen molar-refractivity contribution in [2.24, 2.45) is 0 Å². The fraction of sp³-hybridized carbons (Fsp3) is 0.462. The number of hydrogen-bond acceptors (Lipinski definition) is 4. The van der Waals surface area contributed by atoms with Crippen LogP contribution in [0.2, 0.25) is 0 Å². The van der Waals surface area contributed by atoms with Crippen LogP contribution in [0.3, 0.4) is 0 Å². The van der Waals surface area contributed by atoms with E-state index in [4.69, 9.17) is 0 Å². The predicted octanol–water partition coefficient (Wildman–Crippen LogP) is 2.38. The highest BCUT2D eigenvalue weighted by Crippen LogP contribution is 2.32. The standard InChI is InChI=1S/C13H16N2O3/c1-9-6-12(13(15(17)18)7-10(9)2)14-5-3-4-11(16)8-14/h6-7H,3-5,8H2,1-2H3. The number of nitro benzene ring substituents is 1. The van der Waals surface area contributed by atoms with Crippen molar-refractivity contribution >= 4 is 17.2 Å². The first kappa shape index (κ1) is 12.5. The van der Waals surface area contributed by atoms with E-state index in [-0.39, 0.29) is 22.9 Å². The van der Waals surface area contributed by atoms with Crippen LogP contribution in [0.15, 0.2) is 12.1 Å². The van der Waals surface area contributed by atoms with Crippen LogP contribution in [0, 0.1) is 24.0 Å². The fourth-order valence-corrected chi connectivity index (χ4v) is 2.23. The third-order valence-corrected chi connectivity index (χ3v) is 3.38. The van der Waals surface area contributed by atoms with Gasteiger partial charge < -0.3 is 4.90 Å². The molecule has 0 saturated carbocycles. The second-order valence-electron chi connectivity index (χ2n) is 4.75. The number of nitrogens with zero attached hydrogens (tertiary/aromatic N) is 2. The lowest BCUT2D eigenvalue weighted by Crippen LogP contribution is -2.36. The van der Waals surface area contributed by atoms with Gasteiger partial charge in [0.05, 0.1) is 11.5 Å². The largest absolute Gasteiger partial charge is 0.359 e. The highest BCUT2D eigenvalue weighted by molar-refractivity contribution is 5.85. The van der Waals surface area contributed by atoms with Gasteiger partial charge in [-0.05, 0) is 37.5 Å². The minimum atomic E-state index is -0.374. The third-order valence-electron chi connectivity index (χ3n) is 3.38. The summed E-state index contributed by atoms with van der Waals surface area (Å²) in [5.74, 6) is 0.147. The molecule has 1 aliphatic heterocycles. The number of ketones is 1. The predicted molar refractivity (Wildman–Crippen MR) is 69.0 cm³/mol. The highest BCUT2D eigenvalue weighted by atomic mass is 16.6. The zero-order valence-corrected chi connectivity index (χ0v) is 10.6. The molecule has 0 aromatic heterocycles. The van der Waals surface area contributed by atoms with Crippen molar-refractivity contribution in [1.82, 2.24) is 0 Å². The maximum atomic E-state index is 11.5. The zero-order valence-electron chi connectivity index (χ0n) is 10.6.